The molecule has 0 spiro atoms. The quantitative estimate of drug-likeness (QED) is 0.765. The van der Waals surface area contributed by atoms with Gasteiger partial charge in [-0.15, -0.1) is 0 Å². The molecule has 2 aromatic rings. The number of rotatable bonds is 6. The van der Waals surface area contributed by atoms with Gasteiger partial charge in [0.15, 0.2) is 5.78 Å². The molecule has 1 unspecified atom stereocenters. The van der Waals surface area contributed by atoms with Crippen LogP contribution < -0.4 is 10.1 Å². The highest BCUT2D eigenvalue weighted by molar-refractivity contribution is 6.21. The fourth-order valence-electron chi connectivity index (χ4n) is 3.93. The van der Waals surface area contributed by atoms with Gasteiger partial charge in [0.2, 0.25) is 0 Å². The van der Waals surface area contributed by atoms with Crippen molar-refractivity contribution in [1.29, 1.82) is 0 Å². The van der Waals surface area contributed by atoms with Gasteiger partial charge in [0, 0.05) is 30.8 Å². The Morgan fingerprint density at radius 2 is 1.90 bits per heavy atom. The van der Waals surface area contributed by atoms with E-state index in [4.69, 9.17) is 14.5 Å². The number of ketones is 1. The third-order valence-electron chi connectivity index (χ3n) is 5.46. The van der Waals surface area contributed by atoms with E-state index in [-0.39, 0.29) is 5.78 Å². The number of benzene rings is 2. The van der Waals surface area contributed by atoms with E-state index < -0.39 is 5.92 Å². The van der Waals surface area contributed by atoms with Crippen molar-refractivity contribution < 1.29 is 14.3 Å². The van der Waals surface area contributed by atoms with Crippen LogP contribution in [0.3, 0.4) is 0 Å². The molecule has 29 heavy (non-hydrogen) atoms. The largest absolute Gasteiger partial charge is 0.496 e. The van der Waals surface area contributed by atoms with Crippen LogP contribution in [-0.4, -0.2) is 63.0 Å². The van der Waals surface area contributed by atoms with Gasteiger partial charge in [0.1, 0.15) is 17.5 Å². The number of hydrogen-bond acceptors (Lipinski definition) is 6. The number of morpholine rings is 1. The molecule has 152 valence electrons. The SMILES string of the molecule is COc1ccccc1C1C(=O)c2ccccc2N=C1NCCCN1CCOCC1. The van der Waals surface area contributed by atoms with Gasteiger partial charge in [-0.05, 0) is 31.2 Å². The molecule has 4 rings (SSSR count). The fraction of sp³-hybridized carbons (Fsp3) is 0.391. The maximum atomic E-state index is 13.4. The van der Waals surface area contributed by atoms with Crippen molar-refractivity contribution in [1.82, 2.24) is 10.2 Å². The number of para-hydroxylation sites is 2. The molecule has 6 heteroatoms. The minimum absolute atomic E-state index is 0.0516. The summed E-state index contributed by atoms with van der Waals surface area (Å²) in [4.78, 5) is 20.6. The first-order chi connectivity index (χ1) is 14.3. The molecule has 0 bridgehead atoms. The summed E-state index contributed by atoms with van der Waals surface area (Å²) < 4.78 is 10.9. The number of carbonyl (C=O) groups excluding carboxylic acids is 1. The number of nitrogens with zero attached hydrogens (tertiary/aromatic N) is 2. The van der Waals surface area contributed by atoms with Gasteiger partial charge in [-0.1, -0.05) is 30.3 Å². The lowest BCUT2D eigenvalue weighted by Gasteiger charge is -2.28. The zero-order valence-electron chi connectivity index (χ0n) is 16.8. The highest BCUT2D eigenvalue weighted by Crippen LogP contribution is 2.36. The number of nitrogens with one attached hydrogen (secondary N) is 1. The van der Waals surface area contributed by atoms with Gasteiger partial charge >= 0.3 is 0 Å². The zero-order chi connectivity index (χ0) is 20.1. The number of aliphatic imine (C=N–C) groups is 1. The Bertz CT molecular complexity index is 890. The van der Waals surface area contributed by atoms with Gasteiger partial charge in [0.05, 0.1) is 26.0 Å². The van der Waals surface area contributed by atoms with Crippen molar-refractivity contribution in [2.45, 2.75) is 12.3 Å². The lowest BCUT2D eigenvalue weighted by atomic mass is 9.86. The second-order valence-electron chi connectivity index (χ2n) is 7.29. The van der Waals surface area contributed by atoms with Crippen molar-refractivity contribution in [2.24, 2.45) is 4.99 Å². The number of hydrogen-bond donors (Lipinski definition) is 1. The van der Waals surface area contributed by atoms with Crippen LogP contribution in [0.4, 0.5) is 5.69 Å². The van der Waals surface area contributed by atoms with Crippen LogP contribution in [0.2, 0.25) is 0 Å². The first kappa shape index (κ1) is 19.6. The second kappa shape index (κ2) is 9.20. The Balaban J connectivity index is 1.54. The molecule has 2 heterocycles. The average Bonchev–Trinajstić information content (AvgIpc) is 2.78. The molecule has 1 fully saturated rings. The average molecular weight is 393 g/mol. The summed E-state index contributed by atoms with van der Waals surface area (Å²) in [7, 11) is 1.63. The highest BCUT2D eigenvalue weighted by Gasteiger charge is 2.34. The third kappa shape index (κ3) is 4.33. The fourth-order valence-corrected chi connectivity index (χ4v) is 3.93. The highest BCUT2D eigenvalue weighted by atomic mass is 16.5. The number of Topliss-reactive ketones (excluding diaryl/α,β-unsaturated/α-hetero) is 1. The third-order valence-corrected chi connectivity index (χ3v) is 5.46. The first-order valence-electron chi connectivity index (χ1n) is 10.2. The maximum absolute atomic E-state index is 13.4. The molecule has 1 N–H and O–H groups in total. The lowest BCUT2D eigenvalue weighted by molar-refractivity contribution is 0.0376. The predicted octanol–water partition coefficient (Wildman–Crippen LogP) is 3.02. The van der Waals surface area contributed by atoms with E-state index in [9.17, 15) is 4.79 Å². The van der Waals surface area contributed by atoms with Gasteiger partial charge < -0.3 is 14.8 Å². The smallest absolute Gasteiger partial charge is 0.180 e. The van der Waals surface area contributed by atoms with Crippen molar-refractivity contribution in [3.8, 4) is 5.75 Å². The van der Waals surface area contributed by atoms with Crippen LogP contribution in [0.5, 0.6) is 5.75 Å². The Labute approximate surface area is 171 Å². The van der Waals surface area contributed by atoms with Crippen molar-refractivity contribution in [3.63, 3.8) is 0 Å². The molecule has 0 radical (unpaired) electrons. The summed E-state index contributed by atoms with van der Waals surface area (Å²) in [6.07, 6.45) is 0.980. The summed E-state index contributed by atoms with van der Waals surface area (Å²) in [5, 5.41) is 3.45. The Hall–Kier alpha value is -2.70. The van der Waals surface area contributed by atoms with Crippen molar-refractivity contribution in [3.05, 3.63) is 59.7 Å². The topological polar surface area (TPSA) is 63.2 Å². The molecule has 0 amide bonds. The molecule has 6 nitrogen and oxygen atoms in total. The van der Waals surface area contributed by atoms with E-state index in [0.29, 0.717) is 17.1 Å². The molecule has 1 atom stereocenters. The molecular formula is C23H27N3O3. The minimum Gasteiger partial charge on any atom is -0.496 e. The lowest BCUT2D eigenvalue weighted by Crippen LogP contribution is -2.40. The monoisotopic (exact) mass is 393 g/mol. The van der Waals surface area contributed by atoms with Crippen molar-refractivity contribution in [2.75, 3.05) is 46.5 Å². The van der Waals surface area contributed by atoms with Crippen molar-refractivity contribution >= 4 is 17.3 Å². The van der Waals surface area contributed by atoms with E-state index in [0.717, 1.165) is 57.1 Å². The molecular weight excluding hydrogens is 366 g/mol. The van der Waals surface area contributed by atoms with Gasteiger partial charge in [-0.2, -0.15) is 0 Å². The summed E-state index contributed by atoms with van der Waals surface area (Å²) in [6, 6.07) is 15.2. The number of carbonyl (C=O) groups is 1. The van der Waals surface area contributed by atoms with Gasteiger partial charge in [-0.25, -0.2) is 4.99 Å². The normalized spacial score (nSPS) is 19.4. The summed E-state index contributed by atoms with van der Waals surface area (Å²) in [6.45, 7) is 5.35. The van der Waals surface area contributed by atoms with Gasteiger partial charge in [0.25, 0.3) is 0 Å². The Morgan fingerprint density at radius 1 is 1.14 bits per heavy atom. The number of ether oxygens (including phenoxy) is 2. The summed E-state index contributed by atoms with van der Waals surface area (Å²) >= 11 is 0. The zero-order valence-corrected chi connectivity index (χ0v) is 16.8. The Kier molecular flexibility index (Phi) is 6.22. The van der Waals surface area contributed by atoms with Crippen LogP contribution in [0.25, 0.3) is 0 Å². The maximum Gasteiger partial charge on any atom is 0.180 e. The first-order valence-corrected chi connectivity index (χ1v) is 10.2. The predicted molar refractivity (Wildman–Crippen MR) is 113 cm³/mol. The minimum atomic E-state index is -0.482. The molecule has 2 aliphatic rings. The Morgan fingerprint density at radius 3 is 2.72 bits per heavy atom. The van der Waals surface area contributed by atoms with Crippen LogP contribution >= 0.6 is 0 Å². The number of methoxy groups -OCH3 is 1. The number of fused-ring (bicyclic) bond motifs is 1. The number of amidine groups is 1. The van der Waals surface area contributed by atoms with Crippen LogP contribution in [0.1, 0.15) is 28.3 Å². The molecule has 0 saturated carbocycles. The van der Waals surface area contributed by atoms with E-state index >= 15 is 0 Å². The molecule has 0 aromatic heterocycles. The molecule has 2 aromatic carbocycles. The molecule has 0 aliphatic carbocycles. The molecule has 1 saturated heterocycles. The van der Waals surface area contributed by atoms with Crippen LogP contribution in [0.15, 0.2) is 53.5 Å². The van der Waals surface area contributed by atoms with E-state index in [1.807, 2.05) is 48.5 Å². The molecule has 2 aliphatic heterocycles. The van der Waals surface area contributed by atoms with E-state index in [1.54, 1.807) is 7.11 Å². The van der Waals surface area contributed by atoms with E-state index in [2.05, 4.69) is 10.2 Å². The van der Waals surface area contributed by atoms with E-state index in [1.165, 1.54) is 0 Å². The van der Waals surface area contributed by atoms with Gasteiger partial charge in [-0.3, -0.25) is 9.69 Å². The van der Waals surface area contributed by atoms with Crippen LogP contribution in [-0.2, 0) is 4.74 Å². The summed E-state index contributed by atoms with van der Waals surface area (Å²) in [5.41, 5.74) is 2.22. The second-order valence-corrected chi connectivity index (χ2v) is 7.29. The standard InChI is InChI=1S/C23H27N3O3/c1-28-20-10-5-3-8-18(20)21-22(27)17-7-2-4-9-19(17)25-23(21)24-11-6-12-26-13-15-29-16-14-26/h2-5,7-10,21H,6,11-16H2,1H3,(H,24,25). The summed E-state index contributed by atoms with van der Waals surface area (Å²) in [5.74, 6) is 0.966. The van der Waals surface area contributed by atoms with Crippen LogP contribution in [0, 0.1) is 0 Å².